The second-order valence-electron chi connectivity index (χ2n) is 2.68. The number of nitrogens with one attached hydrogen (secondary N) is 1. The lowest BCUT2D eigenvalue weighted by Gasteiger charge is -2.01. The van der Waals surface area contributed by atoms with Crippen LogP contribution in [0.5, 0.6) is 11.5 Å². The van der Waals surface area contributed by atoms with E-state index in [1.807, 2.05) is 0 Å². The van der Waals surface area contributed by atoms with Gasteiger partial charge in [0.25, 0.3) is 0 Å². The maximum atomic E-state index is 9.32. The first-order valence-electron chi connectivity index (χ1n) is 3.53. The van der Waals surface area contributed by atoms with Crippen molar-refractivity contribution in [3.05, 3.63) is 23.8 Å². The predicted molar refractivity (Wildman–Crippen MR) is 40.5 cm³/mol. The van der Waals surface area contributed by atoms with Gasteiger partial charge in [0.15, 0.2) is 11.5 Å². The summed E-state index contributed by atoms with van der Waals surface area (Å²) in [5, 5.41) is 21.5. The van der Waals surface area contributed by atoms with Crippen LogP contribution in [0, 0.1) is 0 Å². The Balaban J connectivity index is 2.45. The molecule has 1 heterocycles. The summed E-state index contributed by atoms with van der Waals surface area (Å²) >= 11 is 0. The molecule has 3 nitrogen and oxygen atoms in total. The van der Waals surface area contributed by atoms with Gasteiger partial charge >= 0.3 is 0 Å². The molecular formula is C8H9NO2. The molecule has 0 radical (unpaired) electrons. The van der Waals surface area contributed by atoms with Crippen LogP contribution in [-0.2, 0) is 0 Å². The molecule has 0 saturated carbocycles. The molecule has 0 aliphatic carbocycles. The molecule has 2 rings (SSSR count). The van der Waals surface area contributed by atoms with Crippen molar-refractivity contribution in [3.8, 4) is 11.5 Å². The molecule has 1 aliphatic heterocycles. The normalized spacial score (nSPS) is 21.6. The zero-order valence-corrected chi connectivity index (χ0v) is 5.91. The van der Waals surface area contributed by atoms with Gasteiger partial charge in [-0.05, 0) is 6.07 Å². The Morgan fingerprint density at radius 3 is 2.73 bits per heavy atom. The summed E-state index contributed by atoms with van der Waals surface area (Å²) in [6.45, 7) is 0.886. The van der Waals surface area contributed by atoms with Crippen LogP contribution in [0.2, 0.25) is 0 Å². The average molecular weight is 151 g/mol. The molecule has 0 bridgehead atoms. The molecule has 1 saturated heterocycles. The fraction of sp³-hybridized carbons (Fsp3) is 0.250. The molecule has 3 N–H and O–H groups in total. The van der Waals surface area contributed by atoms with Crippen LogP contribution in [0.3, 0.4) is 0 Å². The Morgan fingerprint density at radius 1 is 1.36 bits per heavy atom. The number of phenols is 2. The summed E-state index contributed by atoms with van der Waals surface area (Å²) in [4.78, 5) is 0. The first-order chi connectivity index (χ1) is 5.29. The van der Waals surface area contributed by atoms with E-state index in [9.17, 15) is 5.11 Å². The van der Waals surface area contributed by atoms with E-state index in [2.05, 4.69) is 5.32 Å². The van der Waals surface area contributed by atoms with Crippen LogP contribution < -0.4 is 5.32 Å². The molecule has 1 aromatic rings. The minimum Gasteiger partial charge on any atom is -0.504 e. The maximum Gasteiger partial charge on any atom is 0.162 e. The Hall–Kier alpha value is -1.22. The van der Waals surface area contributed by atoms with E-state index in [1.54, 1.807) is 12.1 Å². The third kappa shape index (κ3) is 1.03. The Bertz CT molecular complexity index is 281. The standard InChI is InChI=1S/C8H9NO2/c10-7-3-1-2-5(8(7)11)6-4-9-6/h1-3,6,9-11H,4H2/t6-/m1/s1. The van der Waals surface area contributed by atoms with Crippen LogP contribution in [0.1, 0.15) is 11.6 Å². The smallest absolute Gasteiger partial charge is 0.162 e. The number of rotatable bonds is 1. The predicted octanol–water partition coefficient (Wildman–Crippen LogP) is 0.742. The first kappa shape index (κ1) is 6.49. The van der Waals surface area contributed by atoms with Crippen molar-refractivity contribution in [1.82, 2.24) is 5.32 Å². The van der Waals surface area contributed by atoms with Crippen LogP contribution in [-0.4, -0.2) is 16.8 Å². The number of aromatic hydroxyl groups is 2. The van der Waals surface area contributed by atoms with Gasteiger partial charge in [0.2, 0.25) is 0 Å². The molecule has 3 heteroatoms. The molecule has 0 aromatic heterocycles. The molecule has 1 aromatic carbocycles. The van der Waals surface area contributed by atoms with Gasteiger partial charge < -0.3 is 15.5 Å². The van der Waals surface area contributed by atoms with Crippen LogP contribution in [0.4, 0.5) is 0 Å². The molecular weight excluding hydrogens is 142 g/mol. The molecule has 11 heavy (non-hydrogen) atoms. The van der Waals surface area contributed by atoms with E-state index in [1.165, 1.54) is 6.07 Å². The van der Waals surface area contributed by atoms with Crippen molar-refractivity contribution in [2.75, 3.05) is 6.54 Å². The van der Waals surface area contributed by atoms with Crippen molar-refractivity contribution in [3.63, 3.8) is 0 Å². The molecule has 0 unspecified atom stereocenters. The summed E-state index contributed by atoms with van der Waals surface area (Å²) in [7, 11) is 0. The highest BCUT2D eigenvalue weighted by Gasteiger charge is 2.25. The van der Waals surface area contributed by atoms with Gasteiger partial charge in [-0.1, -0.05) is 12.1 Å². The van der Waals surface area contributed by atoms with Crippen molar-refractivity contribution in [1.29, 1.82) is 0 Å². The molecule has 0 spiro atoms. The van der Waals surface area contributed by atoms with Gasteiger partial charge in [0, 0.05) is 18.2 Å². The lowest BCUT2D eigenvalue weighted by atomic mass is 10.1. The number of hydrogen-bond donors (Lipinski definition) is 3. The highest BCUT2D eigenvalue weighted by molar-refractivity contribution is 5.47. The van der Waals surface area contributed by atoms with E-state index >= 15 is 0 Å². The largest absolute Gasteiger partial charge is 0.504 e. The van der Waals surface area contributed by atoms with Gasteiger partial charge in [-0.2, -0.15) is 0 Å². The summed E-state index contributed by atoms with van der Waals surface area (Å²) in [6.07, 6.45) is 0. The van der Waals surface area contributed by atoms with Gasteiger partial charge in [-0.15, -0.1) is 0 Å². The number of benzene rings is 1. The van der Waals surface area contributed by atoms with Crippen molar-refractivity contribution in [2.24, 2.45) is 0 Å². The summed E-state index contributed by atoms with van der Waals surface area (Å²) in [6, 6.07) is 5.24. The maximum absolute atomic E-state index is 9.32. The van der Waals surface area contributed by atoms with Gasteiger partial charge in [-0.3, -0.25) is 0 Å². The monoisotopic (exact) mass is 151 g/mol. The Kier molecular flexibility index (Phi) is 1.26. The van der Waals surface area contributed by atoms with Gasteiger partial charge in [0.1, 0.15) is 0 Å². The Labute approximate surface area is 64.3 Å². The second kappa shape index (κ2) is 2.13. The van der Waals surface area contributed by atoms with E-state index < -0.39 is 0 Å². The SMILES string of the molecule is Oc1cccc([C@H]2CN2)c1O. The fourth-order valence-corrected chi connectivity index (χ4v) is 1.11. The lowest BCUT2D eigenvalue weighted by molar-refractivity contribution is 0.399. The fourth-order valence-electron chi connectivity index (χ4n) is 1.11. The molecule has 1 fully saturated rings. The molecule has 0 amide bonds. The zero-order valence-electron chi connectivity index (χ0n) is 5.91. The van der Waals surface area contributed by atoms with Crippen molar-refractivity contribution >= 4 is 0 Å². The van der Waals surface area contributed by atoms with Crippen LogP contribution >= 0.6 is 0 Å². The molecule has 1 atom stereocenters. The summed E-state index contributed by atoms with van der Waals surface area (Å²) in [5.74, 6) is -0.0429. The minimum atomic E-state index is -0.0452. The number of hydrogen-bond acceptors (Lipinski definition) is 3. The van der Waals surface area contributed by atoms with Gasteiger partial charge in [0.05, 0.1) is 0 Å². The summed E-state index contributed by atoms with van der Waals surface area (Å²) in [5.41, 5.74) is 0.782. The van der Waals surface area contributed by atoms with E-state index in [0.717, 1.165) is 12.1 Å². The number of para-hydroxylation sites is 1. The lowest BCUT2D eigenvalue weighted by Crippen LogP contribution is -1.84. The minimum absolute atomic E-state index is 0.00231. The van der Waals surface area contributed by atoms with Gasteiger partial charge in [-0.25, -0.2) is 0 Å². The quantitative estimate of drug-likeness (QED) is 0.410. The van der Waals surface area contributed by atoms with Crippen LogP contribution in [0.25, 0.3) is 0 Å². The van der Waals surface area contributed by atoms with Crippen molar-refractivity contribution < 1.29 is 10.2 Å². The average Bonchev–Trinajstić information content (AvgIpc) is 2.77. The summed E-state index contributed by atoms with van der Waals surface area (Å²) < 4.78 is 0. The molecule has 1 aliphatic rings. The van der Waals surface area contributed by atoms with Crippen LogP contribution in [0.15, 0.2) is 18.2 Å². The molecule has 58 valence electrons. The first-order valence-corrected chi connectivity index (χ1v) is 3.53. The van der Waals surface area contributed by atoms with Crippen molar-refractivity contribution in [2.45, 2.75) is 6.04 Å². The highest BCUT2D eigenvalue weighted by atomic mass is 16.3. The van der Waals surface area contributed by atoms with E-state index in [4.69, 9.17) is 5.11 Å². The van der Waals surface area contributed by atoms with E-state index in [-0.39, 0.29) is 17.5 Å². The topological polar surface area (TPSA) is 62.4 Å². The van der Waals surface area contributed by atoms with E-state index in [0.29, 0.717) is 0 Å². The Morgan fingerprint density at radius 2 is 2.09 bits per heavy atom. The number of phenolic OH excluding ortho intramolecular Hbond substituents is 2. The highest BCUT2D eigenvalue weighted by Crippen LogP contribution is 2.35. The zero-order chi connectivity index (χ0) is 7.84. The second-order valence-corrected chi connectivity index (χ2v) is 2.68. The third-order valence-electron chi connectivity index (χ3n) is 1.83. The third-order valence-corrected chi connectivity index (χ3v) is 1.83.